The highest BCUT2D eigenvalue weighted by atomic mass is 16.5. The summed E-state index contributed by atoms with van der Waals surface area (Å²) < 4.78 is 5.93. The van der Waals surface area contributed by atoms with Crippen molar-refractivity contribution in [2.75, 3.05) is 0 Å². The Hall–Kier alpha value is -1.36. The van der Waals surface area contributed by atoms with Gasteiger partial charge in [-0.1, -0.05) is 13.8 Å². The van der Waals surface area contributed by atoms with E-state index in [1.807, 2.05) is 13.8 Å². The number of ether oxygens (including phenoxy) is 1. The number of hydrogen-bond donors (Lipinski definition) is 2. The van der Waals surface area contributed by atoms with Crippen LogP contribution in [0.25, 0.3) is 0 Å². The Balaban J connectivity index is 2.83. The normalized spacial score (nSPS) is 23.1. The summed E-state index contributed by atoms with van der Waals surface area (Å²) in [5.41, 5.74) is 0.373. The molecule has 0 spiro atoms. The van der Waals surface area contributed by atoms with Crippen LogP contribution >= 0.6 is 0 Å². The topological polar surface area (TPSA) is 75.6 Å². The van der Waals surface area contributed by atoms with Gasteiger partial charge in [0.1, 0.15) is 0 Å². The first-order chi connectivity index (χ1) is 8.97. The highest BCUT2D eigenvalue weighted by molar-refractivity contribution is 5.87. The van der Waals surface area contributed by atoms with Crippen LogP contribution in [-0.2, 0) is 14.3 Å². The SMILES string of the molecule is CCC(CC)O[C@@H]1C=C(C(=O)O)CC[C@H]1NC(C)=O. The van der Waals surface area contributed by atoms with Gasteiger partial charge >= 0.3 is 5.97 Å². The standard InChI is InChI=1S/C14H23NO4/c1-4-11(5-2)19-13-8-10(14(17)18)6-7-12(13)15-9(3)16/h8,11-13H,4-7H2,1-3H3,(H,15,16)(H,17,18)/t12-,13-/m1/s1. The van der Waals surface area contributed by atoms with Gasteiger partial charge in [-0.25, -0.2) is 4.79 Å². The molecule has 5 nitrogen and oxygen atoms in total. The van der Waals surface area contributed by atoms with Gasteiger partial charge in [0, 0.05) is 12.5 Å². The van der Waals surface area contributed by atoms with E-state index in [0.29, 0.717) is 18.4 Å². The Labute approximate surface area is 114 Å². The fourth-order valence-electron chi connectivity index (χ4n) is 2.30. The third kappa shape index (κ3) is 4.67. The van der Waals surface area contributed by atoms with Crippen molar-refractivity contribution in [3.05, 3.63) is 11.6 Å². The number of rotatable bonds is 6. The lowest BCUT2D eigenvalue weighted by atomic mass is 9.92. The second kappa shape index (κ2) is 7.28. The summed E-state index contributed by atoms with van der Waals surface area (Å²) in [6.07, 6.45) is 4.18. The lowest BCUT2D eigenvalue weighted by Gasteiger charge is -2.32. The molecule has 1 amide bonds. The molecule has 2 atom stereocenters. The number of aliphatic carboxylic acids is 1. The largest absolute Gasteiger partial charge is 0.478 e. The second-order valence-electron chi connectivity index (χ2n) is 4.88. The van der Waals surface area contributed by atoms with Crippen molar-refractivity contribution in [2.45, 2.75) is 64.7 Å². The Morgan fingerprint density at radius 1 is 1.47 bits per heavy atom. The maximum absolute atomic E-state index is 11.2. The average Bonchev–Trinajstić information content (AvgIpc) is 2.36. The van der Waals surface area contributed by atoms with Crippen LogP contribution in [0.4, 0.5) is 0 Å². The Morgan fingerprint density at radius 2 is 2.11 bits per heavy atom. The van der Waals surface area contributed by atoms with Crippen molar-refractivity contribution in [1.82, 2.24) is 5.32 Å². The molecule has 5 heteroatoms. The monoisotopic (exact) mass is 269 g/mol. The van der Waals surface area contributed by atoms with Gasteiger partial charge in [-0.2, -0.15) is 0 Å². The molecule has 1 aliphatic rings. The van der Waals surface area contributed by atoms with E-state index in [1.54, 1.807) is 6.08 Å². The molecule has 0 aromatic heterocycles. The fourth-order valence-corrected chi connectivity index (χ4v) is 2.30. The molecule has 19 heavy (non-hydrogen) atoms. The van der Waals surface area contributed by atoms with Gasteiger partial charge in [0.05, 0.1) is 18.2 Å². The van der Waals surface area contributed by atoms with Crippen molar-refractivity contribution < 1.29 is 19.4 Å². The first kappa shape index (κ1) is 15.7. The molecule has 1 rings (SSSR count). The lowest BCUT2D eigenvalue weighted by molar-refractivity contribution is -0.133. The fraction of sp³-hybridized carbons (Fsp3) is 0.714. The maximum atomic E-state index is 11.2. The Kier molecular flexibility index (Phi) is 6.02. The minimum absolute atomic E-state index is 0.0886. The van der Waals surface area contributed by atoms with Gasteiger partial charge in [-0.15, -0.1) is 0 Å². The van der Waals surface area contributed by atoms with E-state index in [9.17, 15) is 9.59 Å². The number of hydrogen-bond acceptors (Lipinski definition) is 3. The first-order valence-corrected chi connectivity index (χ1v) is 6.84. The maximum Gasteiger partial charge on any atom is 0.331 e. The number of carbonyl (C=O) groups is 2. The number of nitrogens with one attached hydrogen (secondary N) is 1. The molecule has 0 aliphatic heterocycles. The highest BCUT2D eigenvalue weighted by Gasteiger charge is 2.29. The summed E-state index contributed by atoms with van der Waals surface area (Å²) in [6, 6.07) is -0.138. The van der Waals surface area contributed by atoms with E-state index < -0.39 is 5.97 Å². The molecule has 0 fully saturated rings. The zero-order valence-electron chi connectivity index (χ0n) is 11.8. The van der Waals surface area contributed by atoms with Crippen molar-refractivity contribution in [3.63, 3.8) is 0 Å². The van der Waals surface area contributed by atoms with E-state index in [1.165, 1.54) is 6.92 Å². The summed E-state index contributed by atoms with van der Waals surface area (Å²) in [5, 5.41) is 11.9. The molecule has 0 radical (unpaired) electrons. The van der Waals surface area contributed by atoms with Gasteiger partial charge in [-0.3, -0.25) is 4.79 Å². The molecule has 0 aromatic carbocycles. The van der Waals surface area contributed by atoms with E-state index in [-0.39, 0.29) is 24.2 Å². The third-order valence-electron chi connectivity index (χ3n) is 3.41. The minimum Gasteiger partial charge on any atom is -0.478 e. The van der Waals surface area contributed by atoms with E-state index >= 15 is 0 Å². The molecule has 0 heterocycles. The average molecular weight is 269 g/mol. The summed E-state index contributed by atoms with van der Waals surface area (Å²) >= 11 is 0. The van der Waals surface area contributed by atoms with Crippen LogP contribution in [0.5, 0.6) is 0 Å². The molecular formula is C14H23NO4. The van der Waals surface area contributed by atoms with Gasteiger partial charge in [0.15, 0.2) is 0 Å². The summed E-state index contributed by atoms with van der Waals surface area (Å²) in [6.45, 7) is 5.53. The minimum atomic E-state index is -0.903. The van der Waals surface area contributed by atoms with Crippen LogP contribution in [0.1, 0.15) is 46.5 Å². The van der Waals surface area contributed by atoms with Crippen LogP contribution in [0.2, 0.25) is 0 Å². The van der Waals surface area contributed by atoms with Crippen LogP contribution in [0, 0.1) is 0 Å². The van der Waals surface area contributed by atoms with Crippen molar-refractivity contribution in [2.24, 2.45) is 0 Å². The van der Waals surface area contributed by atoms with Gasteiger partial charge < -0.3 is 15.2 Å². The van der Waals surface area contributed by atoms with Crippen LogP contribution in [0.3, 0.4) is 0 Å². The molecule has 0 saturated carbocycles. The van der Waals surface area contributed by atoms with Gasteiger partial charge in [-0.05, 0) is 31.8 Å². The Bertz CT molecular complexity index is 360. The predicted molar refractivity (Wildman–Crippen MR) is 71.8 cm³/mol. The highest BCUT2D eigenvalue weighted by Crippen LogP contribution is 2.23. The zero-order chi connectivity index (χ0) is 14.4. The number of carbonyl (C=O) groups excluding carboxylic acids is 1. The number of carboxylic acids is 1. The molecule has 1 aliphatic carbocycles. The van der Waals surface area contributed by atoms with E-state index in [0.717, 1.165) is 12.8 Å². The smallest absolute Gasteiger partial charge is 0.331 e. The van der Waals surface area contributed by atoms with Crippen LogP contribution < -0.4 is 5.32 Å². The molecule has 0 unspecified atom stereocenters. The lowest BCUT2D eigenvalue weighted by Crippen LogP contribution is -2.46. The third-order valence-corrected chi connectivity index (χ3v) is 3.41. The summed E-state index contributed by atoms with van der Waals surface area (Å²) in [7, 11) is 0. The quantitative estimate of drug-likeness (QED) is 0.772. The number of carboxylic acid groups (broad SMARTS) is 1. The first-order valence-electron chi connectivity index (χ1n) is 6.84. The van der Waals surface area contributed by atoms with Crippen molar-refractivity contribution >= 4 is 11.9 Å². The van der Waals surface area contributed by atoms with E-state index in [2.05, 4.69) is 5.32 Å². The van der Waals surface area contributed by atoms with Crippen molar-refractivity contribution in [3.8, 4) is 0 Å². The predicted octanol–water partition coefficient (Wildman–Crippen LogP) is 1.87. The number of amides is 1. The summed E-state index contributed by atoms with van der Waals surface area (Å²) in [4.78, 5) is 22.2. The molecule has 0 saturated heterocycles. The van der Waals surface area contributed by atoms with Crippen LogP contribution in [0.15, 0.2) is 11.6 Å². The Morgan fingerprint density at radius 3 is 2.58 bits per heavy atom. The van der Waals surface area contributed by atoms with Gasteiger partial charge in [0.2, 0.25) is 5.91 Å². The van der Waals surface area contributed by atoms with Crippen molar-refractivity contribution in [1.29, 1.82) is 0 Å². The molecule has 108 valence electrons. The molecule has 0 aromatic rings. The summed E-state index contributed by atoms with van der Waals surface area (Å²) in [5.74, 6) is -1.02. The molecule has 2 N–H and O–H groups in total. The molecule has 0 bridgehead atoms. The zero-order valence-corrected chi connectivity index (χ0v) is 11.8. The molecular weight excluding hydrogens is 246 g/mol. The van der Waals surface area contributed by atoms with Crippen LogP contribution in [-0.4, -0.2) is 35.2 Å². The van der Waals surface area contributed by atoms with Gasteiger partial charge in [0.25, 0.3) is 0 Å². The second-order valence-corrected chi connectivity index (χ2v) is 4.88. The van der Waals surface area contributed by atoms with E-state index in [4.69, 9.17) is 9.84 Å².